The van der Waals surface area contributed by atoms with Crippen LogP contribution in [0.3, 0.4) is 0 Å². The highest BCUT2D eigenvalue weighted by Gasteiger charge is 2.16. The first-order chi connectivity index (χ1) is 13.3. The highest BCUT2D eigenvalue weighted by molar-refractivity contribution is 5.97. The van der Waals surface area contributed by atoms with Crippen molar-refractivity contribution in [3.63, 3.8) is 0 Å². The Morgan fingerprint density at radius 3 is 2.44 bits per heavy atom. The number of benzene rings is 3. The molecule has 1 aliphatic heterocycles. The van der Waals surface area contributed by atoms with Crippen LogP contribution in [-0.4, -0.2) is 17.0 Å². The van der Waals surface area contributed by atoms with Gasteiger partial charge in [0, 0.05) is 22.4 Å². The lowest BCUT2D eigenvalue weighted by molar-refractivity contribution is 0.174. The quantitative estimate of drug-likeness (QED) is 0.517. The number of fused-ring (bicyclic) bond motifs is 2. The predicted molar refractivity (Wildman–Crippen MR) is 97.6 cm³/mol. The summed E-state index contributed by atoms with van der Waals surface area (Å²) in [5.74, 6) is 1.99. The molecular weight excluding hydrogens is 347 g/mol. The zero-order valence-corrected chi connectivity index (χ0v) is 14.1. The molecule has 0 fully saturated rings. The topological polar surface area (TPSA) is 53.5 Å². The molecule has 0 bridgehead atoms. The first-order valence-electron chi connectivity index (χ1n) is 8.37. The van der Waals surface area contributed by atoms with Gasteiger partial charge in [0.1, 0.15) is 17.3 Å². The van der Waals surface area contributed by atoms with Crippen molar-refractivity contribution in [2.24, 2.45) is 0 Å². The van der Waals surface area contributed by atoms with Crippen LogP contribution in [0.25, 0.3) is 22.0 Å². The van der Waals surface area contributed by atoms with Crippen molar-refractivity contribution in [1.29, 1.82) is 0 Å². The van der Waals surface area contributed by atoms with E-state index in [0.717, 1.165) is 16.3 Å². The van der Waals surface area contributed by atoms with E-state index in [1.807, 2.05) is 24.3 Å². The summed E-state index contributed by atoms with van der Waals surface area (Å²) in [4.78, 5) is 0. The second-order valence-electron chi connectivity index (χ2n) is 6.02. The van der Waals surface area contributed by atoms with E-state index in [1.54, 1.807) is 30.3 Å². The summed E-state index contributed by atoms with van der Waals surface area (Å²) in [7, 11) is 0. The third-order valence-corrected chi connectivity index (χ3v) is 4.33. The molecule has 3 aromatic carbocycles. The number of hydrogen-bond acceptors (Lipinski definition) is 5. The van der Waals surface area contributed by atoms with Crippen molar-refractivity contribution < 1.29 is 18.6 Å². The van der Waals surface area contributed by atoms with Gasteiger partial charge in [0.15, 0.2) is 11.5 Å². The Morgan fingerprint density at radius 1 is 0.815 bits per heavy atom. The van der Waals surface area contributed by atoms with Crippen molar-refractivity contribution in [1.82, 2.24) is 10.2 Å². The Bertz CT molecular complexity index is 1150. The standard InChI is InChI=1S/C21H13FN2O3/c22-14-7-5-13(6-8-14)20-16-3-1-2-4-17(16)21(24-23-20)27-15-9-10-18-19(11-15)26-12-25-18/h1-11H,12H2. The molecule has 6 heteroatoms. The Kier molecular flexibility index (Phi) is 3.60. The van der Waals surface area contributed by atoms with Crippen LogP contribution in [0.15, 0.2) is 66.7 Å². The Hall–Kier alpha value is -3.67. The van der Waals surface area contributed by atoms with Gasteiger partial charge >= 0.3 is 0 Å². The summed E-state index contributed by atoms with van der Waals surface area (Å²) in [6.07, 6.45) is 0. The number of aromatic nitrogens is 2. The SMILES string of the molecule is Fc1ccc(-c2nnc(Oc3ccc4c(c3)OCO4)c3ccccc23)cc1. The Balaban J connectivity index is 1.58. The summed E-state index contributed by atoms with van der Waals surface area (Å²) in [6.45, 7) is 0.202. The van der Waals surface area contributed by atoms with E-state index in [0.29, 0.717) is 28.8 Å². The van der Waals surface area contributed by atoms with E-state index in [-0.39, 0.29) is 12.6 Å². The molecule has 5 rings (SSSR count). The lowest BCUT2D eigenvalue weighted by Gasteiger charge is -2.10. The molecule has 2 heterocycles. The van der Waals surface area contributed by atoms with E-state index in [1.165, 1.54) is 12.1 Å². The molecule has 1 aromatic heterocycles. The van der Waals surface area contributed by atoms with Gasteiger partial charge in [-0.15, -0.1) is 10.2 Å². The van der Waals surface area contributed by atoms with Gasteiger partial charge in [-0.25, -0.2) is 4.39 Å². The highest BCUT2D eigenvalue weighted by Crippen LogP contribution is 2.38. The normalized spacial score (nSPS) is 12.3. The fourth-order valence-corrected chi connectivity index (χ4v) is 3.03. The summed E-state index contributed by atoms with van der Waals surface area (Å²) in [5.41, 5.74) is 1.46. The molecule has 0 atom stereocenters. The maximum Gasteiger partial charge on any atom is 0.246 e. The monoisotopic (exact) mass is 360 g/mol. The summed E-state index contributed by atoms with van der Waals surface area (Å²) < 4.78 is 29.9. The average molecular weight is 360 g/mol. The van der Waals surface area contributed by atoms with Gasteiger partial charge in [-0.2, -0.15) is 0 Å². The molecule has 0 spiro atoms. The Labute approximate surface area is 154 Å². The van der Waals surface area contributed by atoms with Crippen LogP contribution in [0.5, 0.6) is 23.1 Å². The molecule has 0 radical (unpaired) electrons. The van der Waals surface area contributed by atoms with E-state index in [9.17, 15) is 4.39 Å². The van der Waals surface area contributed by atoms with E-state index < -0.39 is 0 Å². The highest BCUT2D eigenvalue weighted by atomic mass is 19.1. The average Bonchev–Trinajstić information content (AvgIpc) is 3.17. The number of nitrogens with zero attached hydrogens (tertiary/aromatic N) is 2. The van der Waals surface area contributed by atoms with Crippen LogP contribution in [0.2, 0.25) is 0 Å². The largest absolute Gasteiger partial charge is 0.454 e. The fourth-order valence-electron chi connectivity index (χ4n) is 3.03. The maximum absolute atomic E-state index is 13.2. The molecule has 1 aliphatic rings. The van der Waals surface area contributed by atoms with Gasteiger partial charge in [0.25, 0.3) is 0 Å². The minimum absolute atomic E-state index is 0.202. The van der Waals surface area contributed by atoms with Crippen molar-refractivity contribution in [3.8, 4) is 34.4 Å². The van der Waals surface area contributed by atoms with Crippen LogP contribution in [0.4, 0.5) is 4.39 Å². The number of halogens is 1. The minimum Gasteiger partial charge on any atom is -0.454 e. The van der Waals surface area contributed by atoms with Gasteiger partial charge in [-0.3, -0.25) is 0 Å². The van der Waals surface area contributed by atoms with Gasteiger partial charge in [-0.05, 0) is 42.5 Å². The van der Waals surface area contributed by atoms with Gasteiger partial charge in [0.2, 0.25) is 12.7 Å². The third-order valence-electron chi connectivity index (χ3n) is 4.33. The molecule has 132 valence electrons. The molecule has 0 amide bonds. The predicted octanol–water partition coefficient (Wildman–Crippen LogP) is 4.96. The fraction of sp³-hybridized carbons (Fsp3) is 0.0476. The Morgan fingerprint density at radius 2 is 1.59 bits per heavy atom. The second kappa shape index (κ2) is 6.25. The van der Waals surface area contributed by atoms with Crippen LogP contribution < -0.4 is 14.2 Å². The molecule has 0 unspecified atom stereocenters. The summed E-state index contributed by atoms with van der Waals surface area (Å²) in [5, 5.41) is 10.3. The smallest absolute Gasteiger partial charge is 0.246 e. The van der Waals surface area contributed by atoms with Gasteiger partial charge in [-0.1, -0.05) is 18.2 Å². The van der Waals surface area contributed by atoms with Crippen LogP contribution in [0.1, 0.15) is 0 Å². The van der Waals surface area contributed by atoms with Crippen molar-refractivity contribution in [2.45, 2.75) is 0 Å². The first kappa shape index (κ1) is 15.6. The molecule has 0 aliphatic carbocycles. The summed E-state index contributed by atoms with van der Waals surface area (Å²) in [6, 6.07) is 19.2. The molecular formula is C21H13FN2O3. The number of ether oxygens (including phenoxy) is 3. The lowest BCUT2D eigenvalue weighted by Crippen LogP contribution is -1.96. The third kappa shape index (κ3) is 2.81. The second-order valence-corrected chi connectivity index (χ2v) is 6.02. The van der Waals surface area contributed by atoms with Crippen molar-refractivity contribution in [2.75, 3.05) is 6.79 Å². The molecule has 5 nitrogen and oxygen atoms in total. The van der Waals surface area contributed by atoms with Crippen LogP contribution >= 0.6 is 0 Å². The van der Waals surface area contributed by atoms with Crippen LogP contribution in [0, 0.1) is 5.82 Å². The molecule has 27 heavy (non-hydrogen) atoms. The minimum atomic E-state index is -0.293. The molecule has 4 aromatic rings. The van der Waals surface area contributed by atoms with Gasteiger partial charge in [0.05, 0.1) is 0 Å². The van der Waals surface area contributed by atoms with Crippen molar-refractivity contribution >= 4 is 10.8 Å². The summed E-state index contributed by atoms with van der Waals surface area (Å²) >= 11 is 0. The zero-order valence-electron chi connectivity index (χ0n) is 14.1. The van der Waals surface area contributed by atoms with Crippen molar-refractivity contribution in [3.05, 3.63) is 72.5 Å². The van der Waals surface area contributed by atoms with E-state index in [4.69, 9.17) is 14.2 Å². The first-order valence-corrected chi connectivity index (χ1v) is 8.37. The molecule has 0 saturated carbocycles. The maximum atomic E-state index is 13.2. The lowest BCUT2D eigenvalue weighted by atomic mass is 10.1. The molecule has 0 N–H and O–H groups in total. The molecule has 0 saturated heterocycles. The van der Waals surface area contributed by atoms with Crippen LogP contribution in [-0.2, 0) is 0 Å². The van der Waals surface area contributed by atoms with Gasteiger partial charge < -0.3 is 14.2 Å². The number of rotatable bonds is 3. The zero-order chi connectivity index (χ0) is 18.2. The number of hydrogen-bond donors (Lipinski definition) is 0. The van der Waals surface area contributed by atoms with E-state index >= 15 is 0 Å². The van der Waals surface area contributed by atoms with E-state index in [2.05, 4.69) is 10.2 Å².